The zero-order chi connectivity index (χ0) is 19.8. The predicted molar refractivity (Wildman–Crippen MR) is 115 cm³/mol. The van der Waals surface area contributed by atoms with E-state index in [-0.39, 0.29) is 0 Å². The highest BCUT2D eigenvalue weighted by Crippen LogP contribution is 2.20. The highest BCUT2D eigenvalue weighted by Gasteiger charge is 2.24. The van der Waals surface area contributed by atoms with E-state index in [1.165, 1.54) is 30.4 Å². The van der Waals surface area contributed by atoms with E-state index in [0.717, 1.165) is 64.7 Å². The summed E-state index contributed by atoms with van der Waals surface area (Å²) in [5.74, 6) is 1.15. The molecule has 5 heteroatoms. The summed E-state index contributed by atoms with van der Waals surface area (Å²) >= 11 is 0. The summed E-state index contributed by atoms with van der Waals surface area (Å²) in [6.45, 7) is 10.9. The lowest BCUT2D eigenvalue weighted by Gasteiger charge is -2.33. The van der Waals surface area contributed by atoms with Gasteiger partial charge in [-0.05, 0) is 76.3 Å². The van der Waals surface area contributed by atoms with E-state index in [1.54, 1.807) is 0 Å². The molecule has 2 saturated heterocycles. The molecule has 3 rings (SSSR count). The Morgan fingerprint density at radius 2 is 1.82 bits per heavy atom. The summed E-state index contributed by atoms with van der Waals surface area (Å²) in [6.07, 6.45) is 4.81. The van der Waals surface area contributed by atoms with Crippen molar-refractivity contribution in [2.24, 2.45) is 5.92 Å². The van der Waals surface area contributed by atoms with Crippen molar-refractivity contribution in [3.8, 4) is 0 Å². The summed E-state index contributed by atoms with van der Waals surface area (Å²) in [6, 6.07) is 8.64. The fraction of sp³-hybridized carbons (Fsp3) is 0.696. The zero-order valence-corrected chi connectivity index (χ0v) is 17.8. The lowest BCUT2D eigenvalue weighted by Crippen LogP contribution is -2.44. The van der Waals surface area contributed by atoms with Crippen molar-refractivity contribution in [1.29, 1.82) is 0 Å². The number of hydrogen-bond donors (Lipinski definition) is 1. The van der Waals surface area contributed by atoms with Gasteiger partial charge in [-0.2, -0.15) is 0 Å². The molecule has 28 heavy (non-hydrogen) atoms. The van der Waals surface area contributed by atoms with Crippen LogP contribution in [0.4, 0.5) is 0 Å². The van der Waals surface area contributed by atoms with Crippen LogP contribution in [-0.4, -0.2) is 80.0 Å². The molecule has 2 aliphatic rings. The smallest absolute Gasteiger partial charge is 0.236 e. The van der Waals surface area contributed by atoms with Crippen molar-refractivity contribution >= 4 is 5.91 Å². The monoisotopic (exact) mass is 386 g/mol. The minimum Gasteiger partial charge on any atom is -0.340 e. The van der Waals surface area contributed by atoms with Gasteiger partial charge >= 0.3 is 0 Å². The van der Waals surface area contributed by atoms with Crippen molar-refractivity contribution in [3.05, 3.63) is 35.4 Å². The van der Waals surface area contributed by atoms with Gasteiger partial charge in [-0.25, -0.2) is 0 Å². The van der Waals surface area contributed by atoms with Gasteiger partial charge in [0.15, 0.2) is 0 Å². The van der Waals surface area contributed by atoms with E-state index in [2.05, 4.69) is 51.2 Å². The molecule has 156 valence electrons. The van der Waals surface area contributed by atoms with E-state index in [1.807, 2.05) is 7.05 Å². The number of nitrogens with one attached hydrogen (secondary N) is 1. The third kappa shape index (κ3) is 6.29. The van der Waals surface area contributed by atoms with Gasteiger partial charge in [0, 0.05) is 32.7 Å². The first-order valence-corrected chi connectivity index (χ1v) is 11.1. The SMILES string of the molecule is CNCCC1CCN(CC(=O)N2CCCN(Cc3ccccc3C)CC2)CC1. The molecule has 2 fully saturated rings. The van der Waals surface area contributed by atoms with Crippen LogP contribution >= 0.6 is 0 Å². The first-order chi connectivity index (χ1) is 13.7. The van der Waals surface area contributed by atoms with Gasteiger partial charge in [0.2, 0.25) is 5.91 Å². The number of carbonyl (C=O) groups is 1. The minimum absolute atomic E-state index is 0.325. The van der Waals surface area contributed by atoms with Gasteiger partial charge in [0.05, 0.1) is 6.54 Å². The number of likely N-dealkylation sites (tertiary alicyclic amines) is 1. The second kappa shape index (κ2) is 10.9. The molecule has 2 aliphatic heterocycles. The van der Waals surface area contributed by atoms with Gasteiger partial charge < -0.3 is 10.2 Å². The fourth-order valence-corrected chi connectivity index (χ4v) is 4.48. The van der Waals surface area contributed by atoms with Crippen molar-refractivity contribution < 1.29 is 4.79 Å². The maximum absolute atomic E-state index is 12.8. The molecule has 0 saturated carbocycles. The summed E-state index contributed by atoms with van der Waals surface area (Å²) in [4.78, 5) is 19.8. The Hall–Kier alpha value is -1.43. The van der Waals surface area contributed by atoms with Crippen LogP contribution in [0.2, 0.25) is 0 Å². The quantitative estimate of drug-likeness (QED) is 0.781. The summed E-state index contributed by atoms with van der Waals surface area (Å²) in [5.41, 5.74) is 2.77. The molecule has 0 atom stereocenters. The van der Waals surface area contributed by atoms with Crippen LogP contribution in [0.25, 0.3) is 0 Å². The molecular weight excluding hydrogens is 348 g/mol. The van der Waals surface area contributed by atoms with Crippen LogP contribution in [0.5, 0.6) is 0 Å². The Balaban J connectivity index is 1.41. The average Bonchev–Trinajstić information content (AvgIpc) is 2.95. The predicted octanol–water partition coefficient (Wildman–Crippen LogP) is 2.35. The number of benzene rings is 1. The normalized spacial score (nSPS) is 20.3. The number of aryl methyl sites for hydroxylation is 1. The van der Waals surface area contributed by atoms with Crippen LogP contribution in [0.15, 0.2) is 24.3 Å². The maximum atomic E-state index is 12.8. The number of rotatable bonds is 7. The molecule has 1 N–H and O–H groups in total. The van der Waals surface area contributed by atoms with Gasteiger partial charge in [-0.1, -0.05) is 24.3 Å². The molecule has 0 spiro atoms. The molecule has 5 nitrogen and oxygen atoms in total. The van der Waals surface area contributed by atoms with E-state index in [9.17, 15) is 4.79 Å². The van der Waals surface area contributed by atoms with E-state index in [0.29, 0.717) is 12.5 Å². The minimum atomic E-state index is 0.325. The number of amides is 1. The molecule has 2 heterocycles. The largest absolute Gasteiger partial charge is 0.340 e. The molecule has 0 bridgehead atoms. The van der Waals surface area contributed by atoms with Crippen LogP contribution in [0.1, 0.15) is 36.8 Å². The van der Waals surface area contributed by atoms with Gasteiger partial charge in [-0.3, -0.25) is 14.6 Å². The first-order valence-electron chi connectivity index (χ1n) is 11.1. The van der Waals surface area contributed by atoms with E-state index >= 15 is 0 Å². The molecule has 0 aliphatic carbocycles. The lowest BCUT2D eigenvalue weighted by molar-refractivity contribution is -0.132. The fourth-order valence-electron chi connectivity index (χ4n) is 4.48. The van der Waals surface area contributed by atoms with Crippen molar-refractivity contribution in [2.45, 2.75) is 39.2 Å². The van der Waals surface area contributed by atoms with Gasteiger partial charge in [0.1, 0.15) is 0 Å². The number of carbonyl (C=O) groups excluding carboxylic acids is 1. The van der Waals surface area contributed by atoms with Crippen LogP contribution in [-0.2, 0) is 11.3 Å². The third-order valence-corrected chi connectivity index (χ3v) is 6.47. The molecule has 1 aromatic rings. The standard InChI is InChI=1S/C23H38N4O/c1-20-6-3-4-7-22(20)18-25-12-5-13-27(17-16-25)23(28)19-26-14-9-21(10-15-26)8-11-24-2/h3-4,6-7,21,24H,5,8-19H2,1-2H3. The molecule has 0 aromatic heterocycles. The molecule has 1 aromatic carbocycles. The molecular formula is C23H38N4O. The Labute approximate surface area is 171 Å². The number of hydrogen-bond acceptors (Lipinski definition) is 4. The highest BCUT2D eigenvalue weighted by atomic mass is 16.2. The second-order valence-corrected chi connectivity index (χ2v) is 8.55. The molecule has 0 unspecified atom stereocenters. The Kier molecular flexibility index (Phi) is 8.31. The maximum Gasteiger partial charge on any atom is 0.236 e. The van der Waals surface area contributed by atoms with Crippen LogP contribution < -0.4 is 5.32 Å². The number of nitrogens with zero attached hydrogens (tertiary/aromatic N) is 3. The van der Waals surface area contributed by atoms with E-state index in [4.69, 9.17) is 0 Å². The average molecular weight is 387 g/mol. The molecule has 0 radical (unpaired) electrons. The van der Waals surface area contributed by atoms with Crippen molar-refractivity contribution in [1.82, 2.24) is 20.0 Å². The topological polar surface area (TPSA) is 38.8 Å². The number of piperidine rings is 1. The zero-order valence-electron chi connectivity index (χ0n) is 17.8. The van der Waals surface area contributed by atoms with Crippen LogP contribution in [0, 0.1) is 12.8 Å². The van der Waals surface area contributed by atoms with Crippen LogP contribution in [0.3, 0.4) is 0 Å². The van der Waals surface area contributed by atoms with Crippen molar-refractivity contribution in [2.75, 3.05) is 59.4 Å². The van der Waals surface area contributed by atoms with Gasteiger partial charge in [0.25, 0.3) is 0 Å². The molecule has 1 amide bonds. The Morgan fingerprint density at radius 3 is 2.57 bits per heavy atom. The van der Waals surface area contributed by atoms with E-state index < -0.39 is 0 Å². The summed E-state index contributed by atoms with van der Waals surface area (Å²) in [5, 5.41) is 3.25. The lowest BCUT2D eigenvalue weighted by atomic mass is 9.93. The summed E-state index contributed by atoms with van der Waals surface area (Å²) in [7, 11) is 2.02. The van der Waals surface area contributed by atoms with Crippen molar-refractivity contribution in [3.63, 3.8) is 0 Å². The summed E-state index contributed by atoms with van der Waals surface area (Å²) < 4.78 is 0. The third-order valence-electron chi connectivity index (χ3n) is 6.47. The Bertz CT molecular complexity index is 612. The van der Waals surface area contributed by atoms with Gasteiger partial charge in [-0.15, -0.1) is 0 Å². The first kappa shape index (κ1) is 21.3. The second-order valence-electron chi connectivity index (χ2n) is 8.55. The highest BCUT2D eigenvalue weighted by molar-refractivity contribution is 5.78. The Morgan fingerprint density at radius 1 is 1.04 bits per heavy atom.